The number of ether oxygens (including phenoxy) is 2. The van der Waals surface area contributed by atoms with E-state index in [1.807, 2.05) is 6.07 Å². The van der Waals surface area contributed by atoms with E-state index in [2.05, 4.69) is 45.1 Å². The molecule has 0 unspecified atom stereocenters. The maximum absolute atomic E-state index is 12.3. The van der Waals surface area contributed by atoms with Crippen molar-refractivity contribution in [1.29, 1.82) is 0 Å². The number of alkyl halides is 1. The molecule has 2 aliphatic rings. The molecular formula is C25H27BrFNO3. The van der Waals surface area contributed by atoms with Gasteiger partial charge in [-0.1, -0.05) is 40.2 Å². The quantitative estimate of drug-likeness (QED) is 0.500. The summed E-state index contributed by atoms with van der Waals surface area (Å²) in [4.78, 5) is 14.2. The van der Waals surface area contributed by atoms with Gasteiger partial charge in [-0.25, -0.2) is 4.79 Å². The van der Waals surface area contributed by atoms with Crippen molar-refractivity contribution in [1.82, 2.24) is 4.90 Å². The molecule has 0 radical (unpaired) electrons. The van der Waals surface area contributed by atoms with Gasteiger partial charge in [0.1, 0.15) is 5.75 Å². The summed E-state index contributed by atoms with van der Waals surface area (Å²) in [7, 11) is 1.38. The number of carbonyl (C=O) groups excluding carboxylic acids is 1. The molecule has 0 bridgehead atoms. The minimum Gasteiger partial charge on any atom is -0.493 e. The fourth-order valence-electron chi connectivity index (χ4n) is 4.34. The number of rotatable bonds is 7. The second-order valence-electron chi connectivity index (χ2n) is 8.15. The number of carbonyl (C=O) groups is 1. The molecule has 2 aliphatic heterocycles. The van der Waals surface area contributed by atoms with Gasteiger partial charge in [-0.2, -0.15) is 0 Å². The lowest BCUT2D eigenvalue weighted by molar-refractivity contribution is 0.0600. The Morgan fingerprint density at radius 1 is 1.23 bits per heavy atom. The van der Waals surface area contributed by atoms with Crippen molar-refractivity contribution in [3.63, 3.8) is 0 Å². The minimum absolute atomic E-state index is 0.230. The summed E-state index contributed by atoms with van der Waals surface area (Å²) in [6.45, 7) is 3.30. The average Bonchev–Trinajstić information content (AvgIpc) is 2.92. The van der Waals surface area contributed by atoms with Crippen LogP contribution in [0.5, 0.6) is 5.75 Å². The summed E-state index contributed by atoms with van der Waals surface area (Å²) >= 11 is 3.75. The third-order valence-electron chi connectivity index (χ3n) is 5.93. The number of methoxy groups -OCH3 is 1. The van der Waals surface area contributed by atoms with Crippen LogP contribution >= 0.6 is 15.9 Å². The summed E-state index contributed by atoms with van der Waals surface area (Å²) in [6.07, 6.45) is 2.45. The van der Waals surface area contributed by atoms with Crippen LogP contribution in [0, 0.1) is 5.92 Å². The van der Waals surface area contributed by atoms with Crippen LogP contribution in [0.4, 0.5) is 4.39 Å². The highest BCUT2D eigenvalue weighted by atomic mass is 79.9. The molecule has 2 aromatic rings. The topological polar surface area (TPSA) is 38.8 Å². The Morgan fingerprint density at radius 3 is 2.71 bits per heavy atom. The summed E-state index contributed by atoms with van der Waals surface area (Å²) in [6, 6.07) is 14.2. The molecule has 31 heavy (non-hydrogen) atoms. The van der Waals surface area contributed by atoms with Gasteiger partial charge in [-0.05, 0) is 48.1 Å². The van der Waals surface area contributed by atoms with E-state index in [-0.39, 0.29) is 12.6 Å². The van der Waals surface area contributed by atoms with Gasteiger partial charge in [-0.15, -0.1) is 0 Å². The lowest BCUT2D eigenvalue weighted by atomic mass is 9.90. The van der Waals surface area contributed by atoms with Crippen LogP contribution in [0.15, 0.2) is 46.9 Å². The number of nitrogens with zero attached hydrogens (tertiary/aromatic N) is 1. The summed E-state index contributed by atoms with van der Waals surface area (Å²) in [5.74, 6) is 0.975. The standard InChI is InChI=1S/C25H27BrFNO3/c1-30-25(29)20-7-8-21-23(14-20)31-12-9-22(26)24(21)19-5-3-17(4-6-19)13-18-15-28(16-18)11-2-10-27/h3-8,14,18H,2,9-13,15-16H2,1H3. The van der Waals surface area contributed by atoms with Crippen LogP contribution in [0.3, 0.4) is 0 Å². The maximum Gasteiger partial charge on any atom is 0.337 e. The number of fused-ring (bicyclic) bond motifs is 1. The van der Waals surface area contributed by atoms with E-state index in [0.717, 1.165) is 53.7 Å². The molecule has 1 fully saturated rings. The highest BCUT2D eigenvalue weighted by molar-refractivity contribution is 9.11. The normalized spacial score (nSPS) is 16.9. The third-order valence-corrected chi connectivity index (χ3v) is 6.72. The van der Waals surface area contributed by atoms with Crippen molar-refractivity contribution < 1.29 is 18.7 Å². The number of likely N-dealkylation sites (tertiary alicyclic amines) is 1. The van der Waals surface area contributed by atoms with Crippen LogP contribution < -0.4 is 4.74 Å². The van der Waals surface area contributed by atoms with Crippen LogP contribution in [-0.2, 0) is 11.2 Å². The van der Waals surface area contributed by atoms with E-state index in [9.17, 15) is 9.18 Å². The van der Waals surface area contributed by atoms with Crippen molar-refractivity contribution in [3.8, 4) is 5.75 Å². The fraction of sp³-hybridized carbons (Fsp3) is 0.400. The van der Waals surface area contributed by atoms with Crippen molar-refractivity contribution in [2.45, 2.75) is 19.3 Å². The van der Waals surface area contributed by atoms with E-state index in [1.54, 1.807) is 12.1 Å². The number of hydrogen-bond acceptors (Lipinski definition) is 4. The Bertz CT molecular complexity index is 967. The third kappa shape index (κ3) is 5.01. The minimum atomic E-state index is -0.371. The molecule has 1 saturated heterocycles. The zero-order valence-electron chi connectivity index (χ0n) is 17.7. The molecule has 0 atom stereocenters. The van der Waals surface area contributed by atoms with E-state index in [4.69, 9.17) is 9.47 Å². The summed E-state index contributed by atoms with van der Waals surface area (Å²) < 4.78 is 24.2. The lowest BCUT2D eigenvalue weighted by Gasteiger charge is -2.39. The van der Waals surface area contributed by atoms with Crippen molar-refractivity contribution >= 4 is 27.5 Å². The Morgan fingerprint density at radius 2 is 2.00 bits per heavy atom. The molecule has 0 saturated carbocycles. The zero-order chi connectivity index (χ0) is 21.8. The second kappa shape index (κ2) is 9.96. The molecule has 2 aromatic carbocycles. The molecule has 164 valence electrons. The van der Waals surface area contributed by atoms with Crippen molar-refractivity contribution in [3.05, 3.63) is 69.2 Å². The zero-order valence-corrected chi connectivity index (χ0v) is 19.3. The van der Waals surface area contributed by atoms with Gasteiger partial charge in [0, 0.05) is 41.7 Å². The molecule has 2 heterocycles. The van der Waals surface area contributed by atoms with Gasteiger partial charge in [0.25, 0.3) is 0 Å². The number of hydrogen-bond donors (Lipinski definition) is 0. The Labute approximate surface area is 191 Å². The number of esters is 1. The molecule has 0 spiro atoms. The van der Waals surface area contributed by atoms with Gasteiger partial charge in [-0.3, -0.25) is 4.39 Å². The summed E-state index contributed by atoms with van der Waals surface area (Å²) in [5.41, 5.74) is 4.98. The van der Waals surface area contributed by atoms with Gasteiger partial charge in [0.2, 0.25) is 0 Å². The van der Waals surface area contributed by atoms with Gasteiger partial charge in [0.15, 0.2) is 0 Å². The summed E-state index contributed by atoms with van der Waals surface area (Å²) in [5, 5.41) is 0. The maximum atomic E-state index is 12.3. The number of benzene rings is 2. The smallest absolute Gasteiger partial charge is 0.337 e. The van der Waals surface area contributed by atoms with Crippen molar-refractivity contribution in [2.24, 2.45) is 5.92 Å². The Kier molecular flexibility index (Phi) is 7.08. The van der Waals surface area contributed by atoms with Crippen LogP contribution in [0.2, 0.25) is 0 Å². The van der Waals surface area contributed by atoms with E-state index >= 15 is 0 Å². The van der Waals surface area contributed by atoms with Gasteiger partial charge < -0.3 is 14.4 Å². The Hall–Kier alpha value is -2.18. The van der Waals surface area contributed by atoms with Crippen LogP contribution in [-0.4, -0.2) is 50.9 Å². The number of halogens is 2. The second-order valence-corrected chi connectivity index (χ2v) is 9.11. The molecule has 0 aliphatic carbocycles. The Balaban J connectivity index is 1.51. The molecule has 0 aromatic heterocycles. The molecule has 0 N–H and O–H groups in total. The van der Waals surface area contributed by atoms with E-state index in [0.29, 0.717) is 30.3 Å². The van der Waals surface area contributed by atoms with Crippen LogP contribution in [0.25, 0.3) is 5.57 Å². The monoisotopic (exact) mass is 487 g/mol. The molecule has 0 amide bonds. The molecule has 6 heteroatoms. The van der Waals surface area contributed by atoms with Gasteiger partial charge in [0.05, 0.1) is 26.0 Å². The average molecular weight is 488 g/mol. The largest absolute Gasteiger partial charge is 0.493 e. The lowest BCUT2D eigenvalue weighted by Crippen LogP contribution is -2.47. The first-order valence-electron chi connectivity index (χ1n) is 10.7. The SMILES string of the molecule is COC(=O)c1ccc2c(c1)OCCC(Br)=C2c1ccc(CC2CN(CCCF)C2)cc1. The highest BCUT2D eigenvalue weighted by Gasteiger charge is 2.26. The molecule has 4 nitrogen and oxygen atoms in total. The van der Waals surface area contributed by atoms with E-state index in [1.165, 1.54) is 12.7 Å². The first-order valence-corrected chi connectivity index (χ1v) is 11.5. The first kappa shape index (κ1) is 22.0. The van der Waals surface area contributed by atoms with Gasteiger partial charge >= 0.3 is 5.97 Å². The highest BCUT2D eigenvalue weighted by Crippen LogP contribution is 2.39. The fourth-order valence-corrected chi connectivity index (χ4v) is 4.94. The van der Waals surface area contributed by atoms with Crippen molar-refractivity contribution in [2.75, 3.05) is 40.0 Å². The first-order chi connectivity index (χ1) is 15.1. The predicted molar refractivity (Wildman–Crippen MR) is 124 cm³/mol. The van der Waals surface area contributed by atoms with E-state index < -0.39 is 0 Å². The predicted octanol–water partition coefficient (Wildman–Crippen LogP) is 5.24. The molecule has 4 rings (SSSR count). The molecular weight excluding hydrogens is 461 g/mol. The van der Waals surface area contributed by atoms with Crippen LogP contribution in [0.1, 0.15) is 39.9 Å².